The molecule has 0 amide bonds. The lowest BCUT2D eigenvalue weighted by Crippen LogP contribution is -2.08. The van der Waals surface area contributed by atoms with Crippen molar-refractivity contribution >= 4 is 17.3 Å². The molecule has 6 heteroatoms. The number of carbonyl (C=O) groups is 1. The Balaban J connectivity index is 1.96. The molecule has 0 fully saturated rings. The molecule has 1 heterocycles. The van der Waals surface area contributed by atoms with Gasteiger partial charge in [-0.25, -0.2) is 4.79 Å². The Morgan fingerprint density at radius 1 is 1.17 bits per heavy atom. The highest BCUT2D eigenvalue weighted by Crippen LogP contribution is 2.35. The van der Waals surface area contributed by atoms with Gasteiger partial charge in [0.25, 0.3) is 0 Å². The number of rotatable bonds is 6. The van der Waals surface area contributed by atoms with Crippen LogP contribution in [0.4, 0.5) is 13.2 Å². The smallest absolute Gasteiger partial charge is 0.412 e. The number of aryl methyl sites for hydroxylation is 1. The Morgan fingerprint density at radius 2 is 1.87 bits per heavy atom. The van der Waals surface area contributed by atoms with Gasteiger partial charge in [0.15, 0.2) is 5.06 Å². The Labute approximate surface area is 136 Å². The zero-order valence-corrected chi connectivity index (χ0v) is 13.5. The largest absolute Gasteiger partial charge is 0.417 e. The summed E-state index contributed by atoms with van der Waals surface area (Å²) >= 11 is 0.753. The van der Waals surface area contributed by atoms with E-state index in [0.29, 0.717) is 5.56 Å². The Kier molecular flexibility index (Phi) is 5.82. The quantitative estimate of drug-likeness (QED) is 0.496. The standard InChI is InChI=1S/C17H17F3O2S/c1-2-3-4-5-12-6-8-13(9-7-12)16(21)22-15-10-14(11-23-15)17(18,19)20/h6-11H,2-5H2,1H3. The topological polar surface area (TPSA) is 26.3 Å². The van der Waals surface area contributed by atoms with Gasteiger partial charge in [-0.05, 0) is 30.5 Å². The van der Waals surface area contributed by atoms with E-state index >= 15 is 0 Å². The van der Waals surface area contributed by atoms with Crippen LogP contribution in [0.5, 0.6) is 5.06 Å². The van der Waals surface area contributed by atoms with Crippen LogP contribution in [-0.4, -0.2) is 5.97 Å². The highest BCUT2D eigenvalue weighted by molar-refractivity contribution is 7.12. The minimum atomic E-state index is -4.43. The molecule has 0 radical (unpaired) electrons. The SMILES string of the molecule is CCCCCc1ccc(C(=O)Oc2cc(C(F)(F)F)cs2)cc1. The summed E-state index contributed by atoms with van der Waals surface area (Å²) in [6, 6.07) is 7.81. The third kappa shape index (κ3) is 5.10. The number of carbonyl (C=O) groups excluding carboxylic acids is 1. The van der Waals surface area contributed by atoms with E-state index in [1.807, 2.05) is 12.1 Å². The normalized spacial score (nSPS) is 11.5. The molecule has 0 bridgehead atoms. The van der Waals surface area contributed by atoms with E-state index in [2.05, 4.69) is 6.92 Å². The van der Waals surface area contributed by atoms with E-state index < -0.39 is 17.7 Å². The number of unbranched alkanes of at least 4 members (excludes halogenated alkanes) is 2. The Morgan fingerprint density at radius 3 is 2.43 bits per heavy atom. The van der Waals surface area contributed by atoms with E-state index in [-0.39, 0.29) is 5.06 Å². The summed E-state index contributed by atoms with van der Waals surface area (Å²) in [7, 11) is 0. The van der Waals surface area contributed by atoms with Crippen molar-refractivity contribution in [3.05, 3.63) is 52.4 Å². The number of benzene rings is 1. The number of halogens is 3. The third-order valence-corrected chi connectivity index (χ3v) is 4.16. The van der Waals surface area contributed by atoms with Crippen molar-refractivity contribution in [2.45, 2.75) is 38.8 Å². The number of thiophene rings is 1. The maximum atomic E-state index is 12.5. The molecule has 0 atom stereocenters. The molecule has 0 saturated heterocycles. The van der Waals surface area contributed by atoms with Crippen molar-refractivity contribution in [2.75, 3.05) is 0 Å². The summed E-state index contributed by atoms with van der Waals surface area (Å²) in [4.78, 5) is 11.9. The predicted molar refractivity (Wildman–Crippen MR) is 84.0 cm³/mol. The summed E-state index contributed by atoms with van der Waals surface area (Å²) in [5, 5.41) is 0.869. The summed E-state index contributed by atoms with van der Waals surface area (Å²) in [6.45, 7) is 2.13. The van der Waals surface area contributed by atoms with Crippen LogP contribution in [0, 0.1) is 0 Å². The minimum Gasteiger partial charge on any atom is -0.412 e. The summed E-state index contributed by atoms with van der Waals surface area (Å²) in [5.74, 6) is -0.652. The second kappa shape index (κ2) is 7.64. The average Bonchev–Trinajstić information content (AvgIpc) is 2.97. The van der Waals surface area contributed by atoms with Gasteiger partial charge < -0.3 is 4.74 Å². The lowest BCUT2D eigenvalue weighted by Gasteiger charge is -2.04. The number of alkyl halides is 3. The minimum absolute atomic E-state index is 0.0608. The fourth-order valence-electron chi connectivity index (χ4n) is 2.06. The first-order chi connectivity index (χ1) is 10.9. The van der Waals surface area contributed by atoms with Gasteiger partial charge in [-0.2, -0.15) is 13.2 Å². The first kappa shape index (κ1) is 17.5. The summed E-state index contributed by atoms with van der Waals surface area (Å²) in [6.07, 6.45) is -0.0884. The van der Waals surface area contributed by atoms with Gasteiger partial charge in [0.2, 0.25) is 0 Å². The predicted octanol–water partition coefficient (Wildman–Crippen LogP) is 5.72. The molecular weight excluding hydrogens is 325 g/mol. The molecule has 23 heavy (non-hydrogen) atoms. The van der Waals surface area contributed by atoms with Crippen molar-refractivity contribution in [2.24, 2.45) is 0 Å². The fraction of sp³-hybridized carbons (Fsp3) is 0.353. The van der Waals surface area contributed by atoms with Gasteiger partial charge in [0.05, 0.1) is 11.1 Å². The van der Waals surface area contributed by atoms with Gasteiger partial charge >= 0.3 is 12.1 Å². The van der Waals surface area contributed by atoms with Gasteiger partial charge in [-0.3, -0.25) is 0 Å². The molecule has 0 aliphatic heterocycles. The molecule has 2 aromatic rings. The van der Waals surface area contributed by atoms with Crippen molar-refractivity contribution < 1.29 is 22.7 Å². The number of hydrogen-bond acceptors (Lipinski definition) is 3. The van der Waals surface area contributed by atoms with Crippen LogP contribution >= 0.6 is 11.3 Å². The molecule has 1 aromatic carbocycles. The van der Waals surface area contributed by atoms with Crippen LogP contribution in [0.1, 0.15) is 47.7 Å². The second-order valence-corrected chi connectivity index (χ2v) is 6.07. The Hall–Kier alpha value is -1.82. The molecule has 0 aliphatic carbocycles. The van der Waals surface area contributed by atoms with E-state index in [4.69, 9.17) is 4.74 Å². The second-order valence-electron chi connectivity index (χ2n) is 5.20. The molecule has 0 N–H and O–H groups in total. The molecule has 0 aliphatic rings. The fourth-order valence-corrected chi connectivity index (χ4v) is 2.82. The highest BCUT2D eigenvalue weighted by Gasteiger charge is 2.32. The zero-order chi connectivity index (χ0) is 16.9. The zero-order valence-electron chi connectivity index (χ0n) is 12.7. The number of ether oxygens (including phenoxy) is 1. The van der Waals surface area contributed by atoms with Crippen LogP contribution in [0.25, 0.3) is 0 Å². The van der Waals surface area contributed by atoms with Gasteiger partial charge in [0, 0.05) is 11.4 Å². The summed E-state index contributed by atoms with van der Waals surface area (Å²) in [5.41, 5.74) is 0.647. The van der Waals surface area contributed by atoms with E-state index in [0.717, 1.165) is 54.0 Å². The first-order valence-electron chi connectivity index (χ1n) is 7.37. The highest BCUT2D eigenvalue weighted by atomic mass is 32.1. The van der Waals surface area contributed by atoms with Gasteiger partial charge in [0.1, 0.15) is 0 Å². The molecule has 0 saturated carbocycles. The molecule has 2 rings (SSSR count). The first-order valence-corrected chi connectivity index (χ1v) is 8.25. The van der Waals surface area contributed by atoms with Crippen molar-refractivity contribution in [1.82, 2.24) is 0 Å². The number of hydrogen-bond donors (Lipinski definition) is 0. The van der Waals surface area contributed by atoms with Crippen LogP contribution in [0.2, 0.25) is 0 Å². The molecule has 0 spiro atoms. The molecule has 2 nitrogen and oxygen atoms in total. The van der Waals surface area contributed by atoms with E-state index in [1.54, 1.807) is 12.1 Å². The maximum Gasteiger partial charge on any atom is 0.417 e. The van der Waals surface area contributed by atoms with E-state index in [1.165, 1.54) is 0 Å². The third-order valence-electron chi connectivity index (χ3n) is 3.35. The average molecular weight is 342 g/mol. The molecule has 124 valence electrons. The lowest BCUT2D eigenvalue weighted by atomic mass is 10.1. The monoisotopic (exact) mass is 342 g/mol. The van der Waals surface area contributed by atoms with Crippen molar-refractivity contribution in [3.63, 3.8) is 0 Å². The van der Waals surface area contributed by atoms with Crippen LogP contribution in [0.15, 0.2) is 35.7 Å². The van der Waals surface area contributed by atoms with Crippen LogP contribution in [0.3, 0.4) is 0 Å². The maximum absolute atomic E-state index is 12.5. The van der Waals surface area contributed by atoms with Crippen molar-refractivity contribution in [1.29, 1.82) is 0 Å². The van der Waals surface area contributed by atoms with Gasteiger partial charge in [-0.1, -0.05) is 31.9 Å². The summed E-state index contributed by atoms with van der Waals surface area (Å²) < 4.78 is 42.5. The lowest BCUT2D eigenvalue weighted by molar-refractivity contribution is -0.137. The van der Waals surface area contributed by atoms with Crippen LogP contribution < -0.4 is 4.74 Å². The molecule has 1 aromatic heterocycles. The van der Waals surface area contributed by atoms with E-state index in [9.17, 15) is 18.0 Å². The van der Waals surface area contributed by atoms with Crippen molar-refractivity contribution in [3.8, 4) is 5.06 Å². The van der Waals surface area contributed by atoms with Crippen LogP contribution in [-0.2, 0) is 12.6 Å². The number of esters is 1. The van der Waals surface area contributed by atoms with Gasteiger partial charge in [-0.15, -0.1) is 11.3 Å². The molecular formula is C17H17F3O2S. The Bertz CT molecular complexity index is 645. The molecule has 0 unspecified atom stereocenters.